The molecule has 0 unspecified atom stereocenters. The number of aliphatic carboxylic acids is 1. The SMILES string of the molecule is O=C(O)[C@H](CS(=O)(=O)O)NC(=S)Nc1ccccc1. The number of benzene rings is 1. The van der Waals surface area contributed by atoms with E-state index in [0.717, 1.165) is 0 Å². The summed E-state index contributed by atoms with van der Waals surface area (Å²) in [6, 6.07) is 7.16. The minimum atomic E-state index is -4.42. The molecule has 0 bridgehead atoms. The zero-order valence-electron chi connectivity index (χ0n) is 9.61. The fourth-order valence-electron chi connectivity index (χ4n) is 1.23. The lowest BCUT2D eigenvalue weighted by atomic mass is 10.3. The van der Waals surface area contributed by atoms with Gasteiger partial charge in [-0.2, -0.15) is 8.42 Å². The molecule has 0 spiro atoms. The quantitative estimate of drug-likeness (QED) is 0.454. The average molecular weight is 304 g/mol. The van der Waals surface area contributed by atoms with Gasteiger partial charge in [0.1, 0.15) is 11.8 Å². The molecule has 7 nitrogen and oxygen atoms in total. The Balaban J connectivity index is 2.65. The highest BCUT2D eigenvalue weighted by Gasteiger charge is 2.24. The molecule has 0 radical (unpaired) electrons. The van der Waals surface area contributed by atoms with E-state index in [1.165, 1.54) is 0 Å². The van der Waals surface area contributed by atoms with Crippen molar-refractivity contribution < 1.29 is 22.9 Å². The molecule has 0 aromatic heterocycles. The van der Waals surface area contributed by atoms with Crippen LogP contribution in [0.2, 0.25) is 0 Å². The highest BCUT2D eigenvalue weighted by Crippen LogP contribution is 2.04. The molecule has 9 heteroatoms. The minimum Gasteiger partial charge on any atom is -0.480 e. The van der Waals surface area contributed by atoms with Gasteiger partial charge in [-0.1, -0.05) is 18.2 Å². The number of nitrogens with one attached hydrogen (secondary N) is 2. The third kappa shape index (κ3) is 6.13. The van der Waals surface area contributed by atoms with Crippen LogP contribution in [-0.4, -0.2) is 41.0 Å². The standard InChI is InChI=1S/C10H12N2O5S2/c13-9(14)8(6-19(15,16)17)12-10(18)11-7-4-2-1-3-5-7/h1-5,8H,6H2,(H,13,14)(H2,11,12,18)(H,15,16,17)/t8-/m0/s1. The molecule has 104 valence electrons. The van der Waals surface area contributed by atoms with E-state index < -0.39 is 27.9 Å². The molecule has 1 rings (SSSR count). The van der Waals surface area contributed by atoms with Crippen molar-refractivity contribution in [3.63, 3.8) is 0 Å². The van der Waals surface area contributed by atoms with Gasteiger partial charge in [-0.05, 0) is 24.4 Å². The summed E-state index contributed by atoms with van der Waals surface area (Å²) < 4.78 is 30.0. The molecule has 0 fully saturated rings. The van der Waals surface area contributed by atoms with Crippen LogP contribution in [0.1, 0.15) is 0 Å². The van der Waals surface area contributed by atoms with Crippen LogP contribution in [0.3, 0.4) is 0 Å². The number of carboxylic acids is 1. The van der Waals surface area contributed by atoms with E-state index in [1.807, 2.05) is 0 Å². The molecule has 0 heterocycles. The summed E-state index contributed by atoms with van der Waals surface area (Å²) in [6.07, 6.45) is 0. The molecule has 0 saturated heterocycles. The molecule has 0 aliphatic carbocycles. The fraction of sp³-hybridized carbons (Fsp3) is 0.200. The van der Waals surface area contributed by atoms with Gasteiger partial charge < -0.3 is 15.7 Å². The van der Waals surface area contributed by atoms with Gasteiger partial charge in [-0.15, -0.1) is 0 Å². The molecule has 0 aliphatic rings. The van der Waals surface area contributed by atoms with Crippen LogP contribution >= 0.6 is 12.2 Å². The summed E-state index contributed by atoms with van der Waals surface area (Å²) >= 11 is 4.86. The summed E-state index contributed by atoms with van der Waals surface area (Å²) in [4.78, 5) is 10.8. The van der Waals surface area contributed by atoms with Crippen molar-refractivity contribution in [1.29, 1.82) is 0 Å². The zero-order valence-corrected chi connectivity index (χ0v) is 11.2. The first-order chi connectivity index (χ1) is 8.78. The summed E-state index contributed by atoms with van der Waals surface area (Å²) in [6.45, 7) is 0. The Kier molecular flexibility index (Phi) is 5.21. The summed E-state index contributed by atoms with van der Waals surface area (Å²) in [5.41, 5.74) is 0.621. The van der Waals surface area contributed by atoms with Gasteiger partial charge in [0.05, 0.1) is 0 Å². The predicted molar refractivity (Wildman–Crippen MR) is 73.6 cm³/mol. The largest absolute Gasteiger partial charge is 0.480 e. The number of carboxylic acid groups (broad SMARTS) is 1. The van der Waals surface area contributed by atoms with E-state index in [4.69, 9.17) is 21.9 Å². The average Bonchev–Trinajstić information content (AvgIpc) is 2.27. The van der Waals surface area contributed by atoms with Gasteiger partial charge in [0.2, 0.25) is 0 Å². The maximum Gasteiger partial charge on any atom is 0.327 e. The van der Waals surface area contributed by atoms with Crippen LogP contribution in [-0.2, 0) is 14.9 Å². The van der Waals surface area contributed by atoms with Crippen molar-refractivity contribution >= 4 is 39.1 Å². The lowest BCUT2D eigenvalue weighted by Gasteiger charge is -2.16. The Labute approximate surface area is 115 Å². The number of thiocarbonyl (C=S) groups is 1. The first-order valence-electron chi connectivity index (χ1n) is 5.08. The van der Waals surface area contributed by atoms with Crippen LogP contribution in [0.4, 0.5) is 5.69 Å². The maximum absolute atomic E-state index is 10.8. The van der Waals surface area contributed by atoms with Gasteiger partial charge in [0, 0.05) is 5.69 Å². The summed E-state index contributed by atoms with van der Waals surface area (Å²) in [5.74, 6) is -2.41. The Morgan fingerprint density at radius 1 is 1.32 bits per heavy atom. The van der Waals surface area contributed by atoms with E-state index in [9.17, 15) is 13.2 Å². The Hall–Kier alpha value is -1.71. The number of carbonyl (C=O) groups is 1. The second kappa shape index (κ2) is 6.45. The second-order valence-corrected chi connectivity index (χ2v) is 5.51. The van der Waals surface area contributed by atoms with Gasteiger partial charge in [-0.3, -0.25) is 4.55 Å². The van der Waals surface area contributed by atoms with Crippen molar-refractivity contribution in [2.75, 3.05) is 11.1 Å². The maximum atomic E-state index is 10.8. The predicted octanol–water partition coefficient (Wildman–Crippen LogP) is 0.314. The molecular weight excluding hydrogens is 292 g/mol. The van der Waals surface area contributed by atoms with Crippen molar-refractivity contribution in [3.05, 3.63) is 30.3 Å². The van der Waals surface area contributed by atoms with Crippen molar-refractivity contribution in [2.24, 2.45) is 0 Å². The van der Waals surface area contributed by atoms with E-state index in [1.54, 1.807) is 30.3 Å². The van der Waals surface area contributed by atoms with Crippen molar-refractivity contribution in [2.45, 2.75) is 6.04 Å². The van der Waals surface area contributed by atoms with Gasteiger partial charge in [-0.25, -0.2) is 4.79 Å². The van der Waals surface area contributed by atoms with Crippen molar-refractivity contribution in [3.8, 4) is 0 Å². The van der Waals surface area contributed by atoms with Crippen LogP contribution in [0.25, 0.3) is 0 Å². The minimum absolute atomic E-state index is 0.0535. The van der Waals surface area contributed by atoms with Gasteiger partial charge in [0.15, 0.2) is 5.11 Å². The molecule has 1 aromatic rings. The van der Waals surface area contributed by atoms with Gasteiger partial charge in [0.25, 0.3) is 10.1 Å². The second-order valence-electron chi connectivity index (χ2n) is 3.60. The summed E-state index contributed by atoms with van der Waals surface area (Å²) in [5, 5.41) is 13.8. The first-order valence-corrected chi connectivity index (χ1v) is 7.10. The Bertz CT molecular complexity index is 559. The molecule has 0 saturated carbocycles. The Morgan fingerprint density at radius 3 is 2.37 bits per heavy atom. The van der Waals surface area contributed by atoms with E-state index in [2.05, 4.69) is 10.6 Å². The van der Waals surface area contributed by atoms with Gasteiger partial charge >= 0.3 is 5.97 Å². The molecule has 1 atom stereocenters. The van der Waals surface area contributed by atoms with Crippen molar-refractivity contribution in [1.82, 2.24) is 5.32 Å². The topological polar surface area (TPSA) is 116 Å². The zero-order chi connectivity index (χ0) is 14.5. The molecule has 0 aliphatic heterocycles. The smallest absolute Gasteiger partial charge is 0.327 e. The molecular formula is C10H12N2O5S2. The number of rotatable bonds is 5. The molecule has 0 amide bonds. The van der Waals surface area contributed by atoms with E-state index >= 15 is 0 Å². The highest BCUT2D eigenvalue weighted by molar-refractivity contribution is 7.85. The lowest BCUT2D eigenvalue weighted by Crippen LogP contribution is -2.46. The number of hydrogen-bond donors (Lipinski definition) is 4. The lowest BCUT2D eigenvalue weighted by molar-refractivity contribution is -0.138. The molecule has 19 heavy (non-hydrogen) atoms. The molecule has 1 aromatic carbocycles. The van der Waals surface area contributed by atoms with Crippen LogP contribution in [0, 0.1) is 0 Å². The van der Waals surface area contributed by atoms with Crippen LogP contribution in [0.5, 0.6) is 0 Å². The normalized spacial score (nSPS) is 12.5. The van der Waals surface area contributed by atoms with Crippen LogP contribution < -0.4 is 10.6 Å². The summed E-state index contributed by atoms with van der Waals surface area (Å²) in [7, 11) is -4.42. The third-order valence-corrected chi connectivity index (χ3v) is 2.99. The van der Waals surface area contributed by atoms with E-state index in [-0.39, 0.29) is 5.11 Å². The monoisotopic (exact) mass is 304 g/mol. The fourth-order valence-corrected chi connectivity index (χ4v) is 2.14. The number of hydrogen-bond acceptors (Lipinski definition) is 4. The van der Waals surface area contributed by atoms with Crippen LogP contribution in [0.15, 0.2) is 30.3 Å². The number of para-hydroxylation sites is 1. The number of anilines is 1. The molecule has 4 N–H and O–H groups in total. The Morgan fingerprint density at radius 2 is 1.89 bits per heavy atom. The highest BCUT2D eigenvalue weighted by atomic mass is 32.2. The van der Waals surface area contributed by atoms with E-state index in [0.29, 0.717) is 5.69 Å². The third-order valence-electron chi connectivity index (χ3n) is 2.01. The first kappa shape index (κ1) is 15.3.